The van der Waals surface area contributed by atoms with Crippen molar-refractivity contribution < 1.29 is 66.0 Å². The minimum absolute atomic E-state index is 0.0289. The van der Waals surface area contributed by atoms with Crippen LogP contribution >= 0.6 is 69.6 Å². The Morgan fingerprint density at radius 3 is 1.01 bits per heavy atom. The molecule has 0 unspecified atom stereocenters. The summed E-state index contributed by atoms with van der Waals surface area (Å²) in [6.07, 6.45) is -3.18. The molecule has 94 heavy (non-hydrogen) atoms. The Hall–Kier alpha value is -7.10. The largest absolute Gasteiger partial charge is 0.418 e. The van der Waals surface area contributed by atoms with Gasteiger partial charge in [0.05, 0.1) is 41.5 Å². The molecule has 0 saturated carbocycles. The number of benzene rings is 7. The van der Waals surface area contributed by atoms with Crippen molar-refractivity contribution in [1.82, 2.24) is 4.98 Å². The van der Waals surface area contributed by atoms with Gasteiger partial charge in [0, 0.05) is 37.0 Å². The van der Waals surface area contributed by atoms with Crippen LogP contribution in [0.4, 0.5) is 36.1 Å². The van der Waals surface area contributed by atoms with Gasteiger partial charge in [-0.25, -0.2) is 38.7 Å². The van der Waals surface area contributed by atoms with E-state index in [1.807, 2.05) is 0 Å². The van der Waals surface area contributed by atoms with Crippen LogP contribution in [-0.4, -0.2) is 81.3 Å². The highest BCUT2D eigenvalue weighted by molar-refractivity contribution is 7.94. The average Bonchev–Trinajstić information content (AvgIpc) is 0.794. The number of carbonyl (C=O) groups excluding carboxylic acids is 4. The predicted octanol–water partition coefficient (Wildman–Crippen LogP) is 15.8. The number of nitrogens with one attached hydrogen (secondary N) is 4. The number of para-hydroxylation sites is 2. The quantitative estimate of drug-likeness (QED) is 0.0702. The zero-order chi connectivity index (χ0) is 70.6. The molecule has 8 aromatic rings. The van der Waals surface area contributed by atoms with Crippen molar-refractivity contribution in [2.45, 2.75) is 100 Å². The maximum Gasteiger partial charge on any atom is 0.418 e. The fourth-order valence-corrected chi connectivity index (χ4v) is 14.0. The van der Waals surface area contributed by atoms with E-state index in [2.05, 4.69) is 26.3 Å². The summed E-state index contributed by atoms with van der Waals surface area (Å²) < 4.78 is 134. The standard InChI is InChI=1S/C17H15ClF3NO3S.2C16H15Cl2NO3S.C15H15ClN2O3S/c1-16(2,26(24,25)12-9-7-11(18)8-10-12)15(23)22-14-6-4-3-5-13(14)17(19,20)21;1-16(2,15(20)19-13-5-3-4-12(18)10-13)23(21,22)14-8-6-11(17)7-9-14;1-16(2,15(20)19-14-6-4-3-5-13(14)18)23(21,22)12-9-7-11(17)8-10-12;1-15(2,14(19)18-13-5-3-4-10-17-13)22(20,21)12-8-6-11(16)7-9-12/h3-10H,1-2H3,(H,22,23);2*3-10H,1-2H3,(H,19,20);3-10H,1-2H3,(H,17,18,19). The summed E-state index contributed by atoms with van der Waals surface area (Å²) in [5.74, 6) is -2.74. The first-order valence-corrected chi connectivity index (χ1v) is 35.5. The Morgan fingerprint density at radius 1 is 0.351 bits per heavy atom. The molecule has 1 aromatic heterocycles. The van der Waals surface area contributed by atoms with Crippen molar-refractivity contribution in [2.24, 2.45) is 0 Å². The van der Waals surface area contributed by atoms with Gasteiger partial charge in [-0.3, -0.25) is 19.2 Å². The SMILES string of the molecule is CC(C)(C(=O)Nc1cccc(Cl)c1)S(=O)(=O)c1ccc(Cl)cc1.CC(C)(C(=O)Nc1ccccc1C(F)(F)F)S(=O)(=O)c1ccc(Cl)cc1.CC(C)(C(=O)Nc1ccccc1Cl)S(=O)(=O)c1ccc(Cl)cc1.CC(C)(C(=O)Nc1ccccn1)S(=O)(=O)c1ccc(Cl)cc1. The average molecular weight is 1490 g/mol. The van der Waals surface area contributed by atoms with Gasteiger partial charge in [-0.1, -0.05) is 106 Å². The van der Waals surface area contributed by atoms with Crippen LogP contribution in [0.1, 0.15) is 61.0 Å². The lowest BCUT2D eigenvalue weighted by molar-refractivity contribution is -0.137. The van der Waals surface area contributed by atoms with Gasteiger partial charge < -0.3 is 21.3 Å². The number of hydrogen-bond donors (Lipinski definition) is 4. The third-order valence-corrected chi connectivity index (χ3v) is 25.2. The third-order valence-electron chi connectivity index (χ3n) is 14.0. The molecule has 7 aromatic carbocycles. The number of sulfone groups is 4. The van der Waals surface area contributed by atoms with Gasteiger partial charge in [-0.05, 0) is 207 Å². The molecule has 0 aliphatic heterocycles. The first kappa shape index (κ1) is 77.6. The molecule has 0 atom stereocenters. The predicted molar refractivity (Wildman–Crippen MR) is 364 cm³/mol. The Labute approximate surface area is 573 Å². The number of halogens is 9. The molecule has 0 spiro atoms. The van der Waals surface area contributed by atoms with Crippen molar-refractivity contribution in [1.29, 1.82) is 0 Å². The maximum absolute atomic E-state index is 13.1. The number of anilines is 4. The first-order valence-electron chi connectivity index (χ1n) is 27.3. The summed E-state index contributed by atoms with van der Waals surface area (Å²) in [6.45, 7) is 10.4. The van der Waals surface area contributed by atoms with Crippen LogP contribution in [0.15, 0.2) is 214 Å². The molecule has 0 saturated heterocycles. The Balaban J connectivity index is 0.000000227. The minimum Gasteiger partial charge on any atom is -0.325 e. The molecule has 17 nitrogen and oxygen atoms in total. The second-order valence-corrected chi connectivity index (χ2v) is 34.5. The molecule has 1 heterocycles. The summed E-state index contributed by atoms with van der Waals surface area (Å²) in [5, 5.41) is 12.1. The van der Waals surface area contributed by atoms with Gasteiger partial charge in [0.2, 0.25) is 23.6 Å². The number of hydrogen-bond acceptors (Lipinski definition) is 13. The van der Waals surface area contributed by atoms with Gasteiger partial charge in [-0.2, -0.15) is 13.2 Å². The van der Waals surface area contributed by atoms with E-state index < -0.39 is 99.4 Å². The van der Waals surface area contributed by atoms with Crippen LogP contribution in [0.5, 0.6) is 0 Å². The summed E-state index contributed by atoms with van der Waals surface area (Å²) in [7, 11) is -15.8. The van der Waals surface area contributed by atoms with Crippen LogP contribution in [0.3, 0.4) is 0 Å². The van der Waals surface area contributed by atoms with Crippen molar-refractivity contribution >= 4 is 155 Å². The lowest BCUT2D eigenvalue weighted by atomic mass is 10.1. The monoisotopic (exact) mass is 1490 g/mol. The normalized spacial score (nSPS) is 12.2. The molecule has 500 valence electrons. The number of aromatic nitrogens is 1. The second-order valence-electron chi connectivity index (χ2n) is 21.9. The molecule has 0 aliphatic carbocycles. The van der Waals surface area contributed by atoms with Crippen molar-refractivity contribution in [2.75, 3.05) is 21.3 Å². The Bertz CT molecular complexity index is 4520. The number of nitrogens with zero attached hydrogens (tertiary/aromatic N) is 1. The van der Waals surface area contributed by atoms with Crippen LogP contribution < -0.4 is 21.3 Å². The number of pyridine rings is 1. The summed E-state index contributed by atoms with van der Waals surface area (Å²) in [4.78, 5) is 53.8. The van der Waals surface area contributed by atoms with Gasteiger partial charge in [-0.15, -0.1) is 0 Å². The summed E-state index contributed by atoms with van der Waals surface area (Å²) in [6, 6.07) is 44.7. The van der Waals surface area contributed by atoms with Crippen LogP contribution in [0, 0.1) is 0 Å². The van der Waals surface area contributed by atoms with Crippen LogP contribution in [0.2, 0.25) is 30.1 Å². The number of amides is 4. The molecule has 8 rings (SSSR count). The zero-order valence-corrected chi connectivity index (χ0v) is 58.7. The lowest BCUT2D eigenvalue weighted by Crippen LogP contribution is -2.44. The van der Waals surface area contributed by atoms with E-state index in [0.29, 0.717) is 47.3 Å². The lowest BCUT2D eigenvalue weighted by Gasteiger charge is -2.25. The highest BCUT2D eigenvalue weighted by Crippen LogP contribution is 2.37. The van der Waals surface area contributed by atoms with Crippen LogP contribution in [-0.2, 0) is 64.7 Å². The van der Waals surface area contributed by atoms with Gasteiger partial charge >= 0.3 is 6.18 Å². The van der Waals surface area contributed by atoms with E-state index in [9.17, 15) is 66.0 Å². The molecule has 0 radical (unpaired) electrons. The molecular formula is C64H60Cl6F3N5O12S4. The molecular weight excluding hydrogens is 1430 g/mol. The first-order chi connectivity index (χ1) is 43.4. The van der Waals surface area contributed by atoms with Crippen molar-refractivity contribution in [3.05, 3.63) is 230 Å². The Morgan fingerprint density at radius 2 is 0.670 bits per heavy atom. The molecule has 0 fully saturated rings. The van der Waals surface area contributed by atoms with Crippen molar-refractivity contribution in [3.63, 3.8) is 0 Å². The number of alkyl halides is 3. The Kier molecular flexibility index (Phi) is 25.7. The van der Waals surface area contributed by atoms with Gasteiger partial charge in [0.15, 0.2) is 39.3 Å². The minimum atomic E-state index is -4.69. The zero-order valence-electron chi connectivity index (χ0n) is 50.9. The van der Waals surface area contributed by atoms with Gasteiger partial charge in [0.1, 0.15) is 24.8 Å². The summed E-state index contributed by atoms with van der Waals surface area (Å²) in [5.41, 5.74) is -0.780. The molecule has 0 bridgehead atoms. The smallest absolute Gasteiger partial charge is 0.325 e. The second kappa shape index (κ2) is 31.2. The highest BCUT2D eigenvalue weighted by atomic mass is 35.5. The van der Waals surface area contributed by atoms with Gasteiger partial charge in [0.25, 0.3) is 0 Å². The van der Waals surface area contributed by atoms with Crippen LogP contribution in [0.25, 0.3) is 0 Å². The molecule has 4 amide bonds. The van der Waals surface area contributed by atoms with E-state index in [0.717, 1.165) is 26.0 Å². The van der Waals surface area contributed by atoms with Crippen molar-refractivity contribution in [3.8, 4) is 0 Å². The van der Waals surface area contributed by atoms with E-state index in [-0.39, 0.29) is 19.6 Å². The van der Waals surface area contributed by atoms with E-state index >= 15 is 0 Å². The summed E-state index contributed by atoms with van der Waals surface area (Å²) >= 11 is 34.9. The topological polar surface area (TPSA) is 266 Å². The number of rotatable bonds is 16. The molecule has 4 N–H and O–H groups in total. The number of carbonyl (C=O) groups is 4. The fraction of sp³-hybridized carbons (Fsp3) is 0.203. The van der Waals surface area contributed by atoms with E-state index in [1.54, 1.807) is 66.7 Å². The maximum atomic E-state index is 13.1. The van der Waals surface area contributed by atoms with E-state index in [1.165, 1.54) is 157 Å². The highest BCUT2D eigenvalue weighted by Gasteiger charge is 2.47. The third kappa shape index (κ3) is 18.7. The molecule has 30 heteroatoms. The fourth-order valence-electron chi connectivity index (χ4n) is 7.62. The van der Waals surface area contributed by atoms with E-state index in [4.69, 9.17) is 69.6 Å². The molecule has 0 aliphatic rings.